The smallest absolute Gasteiger partial charge is 0.359 e. The maximum Gasteiger partial charge on any atom is 0.359 e. The number of nitro benzene ring substituents is 2. The number of esters is 1. The van der Waals surface area contributed by atoms with Crippen LogP contribution in [0.1, 0.15) is 17.2 Å². The Kier molecular flexibility index (Phi) is 6.89. The molecule has 9 nitrogen and oxygen atoms in total. The van der Waals surface area contributed by atoms with Crippen molar-refractivity contribution >= 4 is 57.8 Å². The van der Waals surface area contributed by atoms with Gasteiger partial charge in [-0.2, -0.15) is 0 Å². The van der Waals surface area contributed by atoms with Gasteiger partial charge in [0, 0.05) is 20.2 Å². The second-order valence-corrected chi connectivity index (χ2v) is 8.25. The molecule has 1 unspecified atom stereocenters. The van der Waals surface area contributed by atoms with Crippen LogP contribution in [0.5, 0.6) is 0 Å². The van der Waals surface area contributed by atoms with Crippen molar-refractivity contribution in [2.45, 2.75) is 9.90 Å². The number of carbonyl (C=O) groups excluding carboxylic acids is 1. The fourth-order valence-electron chi connectivity index (χ4n) is 2.65. The van der Waals surface area contributed by atoms with Crippen molar-refractivity contribution in [3.63, 3.8) is 0 Å². The molecule has 0 radical (unpaired) electrons. The Bertz CT molecular complexity index is 947. The molecule has 29 heavy (non-hydrogen) atoms. The van der Waals surface area contributed by atoms with E-state index < -0.39 is 42.7 Å². The predicted octanol–water partition coefficient (Wildman–Crippen LogP) is 4.57. The number of alkyl halides is 3. The summed E-state index contributed by atoms with van der Waals surface area (Å²) >= 11 is 16.7. The quantitative estimate of drug-likeness (QED) is 0.267. The Morgan fingerprint density at radius 3 is 2.07 bits per heavy atom. The first-order chi connectivity index (χ1) is 13.4. The van der Waals surface area contributed by atoms with Crippen molar-refractivity contribution in [2.75, 3.05) is 19.0 Å². The van der Waals surface area contributed by atoms with Gasteiger partial charge in [-0.05, 0) is 11.6 Å². The number of benzene rings is 2. The van der Waals surface area contributed by atoms with Gasteiger partial charge in [0.15, 0.2) is 11.7 Å². The van der Waals surface area contributed by atoms with Gasteiger partial charge in [-0.25, -0.2) is 4.79 Å². The third-order valence-corrected chi connectivity index (χ3v) is 4.32. The Labute approximate surface area is 180 Å². The van der Waals surface area contributed by atoms with E-state index in [-0.39, 0.29) is 11.3 Å². The lowest BCUT2D eigenvalue weighted by Gasteiger charge is -2.22. The summed E-state index contributed by atoms with van der Waals surface area (Å²) in [7, 11) is 3.06. The van der Waals surface area contributed by atoms with Gasteiger partial charge in [0.2, 0.25) is 0 Å². The maximum absolute atomic E-state index is 12.2. The van der Waals surface area contributed by atoms with Gasteiger partial charge in [-0.1, -0.05) is 65.1 Å². The van der Waals surface area contributed by atoms with E-state index in [0.29, 0.717) is 0 Å². The van der Waals surface area contributed by atoms with Crippen LogP contribution in [0.4, 0.5) is 17.1 Å². The second-order valence-electron chi connectivity index (χ2n) is 5.97. The van der Waals surface area contributed by atoms with Gasteiger partial charge in [-0.3, -0.25) is 20.2 Å². The lowest BCUT2D eigenvalue weighted by molar-refractivity contribution is -0.395. The molecule has 0 aliphatic rings. The first kappa shape index (κ1) is 22.7. The highest BCUT2D eigenvalue weighted by Gasteiger charge is 2.41. The van der Waals surface area contributed by atoms with E-state index in [1.165, 1.54) is 37.2 Å². The summed E-state index contributed by atoms with van der Waals surface area (Å²) in [6.45, 7) is 0. The van der Waals surface area contributed by atoms with Crippen LogP contribution in [0, 0.1) is 20.2 Å². The molecule has 0 heterocycles. The summed E-state index contributed by atoms with van der Waals surface area (Å²) in [6, 6.07) is 10.1. The minimum atomic E-state index is -2.49. The molecule has 2 aromatic carbocycles. The fraction of sp³-hybridized carbons (Fsp3) is 0.235. The molecule has 1 atom stereocenters. The molecule has 12 heteroatoms. The van der Waals surface area contributed by atoms with E-state index in [4.69, 9.17) is 39.5 Å². The number of rotatable bonds is 6. The minimum Gasteiger partial charge on any atom is -0.449 e. The van der Waals surface area contributed by atoms with Crippen LogP contribution in [0.3, 0.4) is 0 Å². The van der Waals surface area contributed by atoms with Crippen molar-refractivity contribution < 1.29 is 19.4 Å². The molecular weight excluding hydrogens is 449 g/mol. The Morgan fingerprint density at radius 2 is 1.62 bits per heavy atom. The van der Waals surface area contributed by atoms with Crippen molar-refractivity contribution in [2.24, 2.45) is 0 Å². The number of nitrogens with zero attached hydrogens (tertiary/aromatic N) is 3. The molecule has 0 aromatic heterocycles. The predicted molar refractivity (Wildman–Crippen MR) is 109 cm³/mol. The first-order valence-corrected chi connectivity index (χ1v) is 9.04. The van der Waals surface area contributed by atoms with Crippen LogP contribution < -0.4 is 4.90 Å². The van der Waals surface area contributed by atoms with Gasteiger partial charge in [0.05, 0.1) is 9.85 Å². The zero-order valence-corrected chi connectivity index (χ0v) is 17.3. The average Bonchev–Trinajstić information content (AvgIpc) is 2.64. The third-order valence-electron chi connectivity index (χ3n) is 3.85. The first-order valence-electron chi connectivity index (χ1n) is 7.91. The van der Waals surface area contributed by atoms with Gasteiger partial charge >= 0.3 is 11.7 Å². The van der Waals surface area contributed by atoms with Crippen LogP contribution in [0.2, 0.25) is 0 Å². The van der Waals surface area contributed by atoms with E-state index in [1.54, 1.807) is 18.2 Å². The van der Waals surface area contributed by atoms with E-state index in [2.05, 4.69) is 0 Å². The summed E-state index contributed by atoms with van der Waals surface area (Å²) in [5, 5.41) is 23.5. The molecule has 0 aliphatic carbocycles. The SMILES string of the molecule is CN(C)c1ccc([N+](=O)[O-])c(C(OC(=O)C(Cl)(Cl)Cl)c2ccccc2)c1[N+](=O)[O-]. The molecule has 154 valence electrons. The largest absolute Gasteiger partial charge is 0.449 e. The summed E-state index contributed by atoms with van der Waals surface area (Å²) in [6.07, 6.45) is -1.57. The van der Waals surface area contributed by atoms with E-state index in [1.807, 2.05) is 0 Å². The average molecular weight is 463 g/mol. The molecular formula is C17H14Cl3N3O6. The van der Waals surface area contributed by atoms with Crippen LogP contribution in [0.25, 0.3) is 0 Å². The van der Waals surface area contributed by atoms with Gasteiger partial charge in [-0.15, -0.1) is 0 Å². The standard InChI is InChI=1S/C17H14Cl3N3O6/c1-21(2)12-9-8-11(22(25)26)13(14(12)23(27)28)15(10-6-4-3-5-7-10)29-16(24)17(18,19)20/h3-9,15H,1-2H3. The molecule has 0 fully saturated rings. The normalized spacial score (nSPS) is 12.2. The molecule has 0 N–H and O–H groups in total. The van der Waals surface area contributed by atoms with Crippen molar-refractivity contribution in [1.29, 1.82) is 0 Å². The lowest BCUT2D eigenvalue weighted by Crippen LogP contribution is -2.26. The molecule has 2 aromatic rings. The summed E-state index contributed by atoms with van der Waals surface area (Å²) in [5.74, 6) is -1.34. The monoisotopic (exact) mass is 461 g/mol. The van der Waals surface area contributed by atoms with Crippen LogP contribution in [-0.4, -0.2) is 33.7 Å². The molecule has 0 amide bonds. The Morgan fingerprint density at radius 1 is 1.03 bits per heavy atom. The maximum atomic E-state index is 12.2. The number of hydrogen-bond donors (Lipinski definition) is 0. The van der Waals surface area contributed by atoms with Crippen molar-refractivity contribution in [3.8, 4) is 0 Å². The number of nitro groups is 2. The molecule has 0 bridgehead atoms. The highest BCUT2D eigenvalue weighted by atomic mass is 35.6. The fourth-order valence-corrected chi connectivity index (χ4v) is 2.79. The van der Waals surface area contributed by atoms with Gasteiger partial charge in [0.1, 0.15) is 5.69 Å². The van der Waals surface area contributed by atoms with E-state index in [9.17, 15) is 25.0 Å². The zero-order chi connectivity index (χ0) is 21.9. The van der Waals surface area contributed by atoms with Crippen LogP contribution >= 0.6 is 34.8 Å². The van der Waals surface area contributed by atoms with Gasteiger partial charge < -0.3 is 9.64 Å². The summed E-state index contributed by atoms with van der Waals surface area (Å²) in [5.41, 5.74) is -1.37. The number of anilines is 1. The number of ether oxygens (including phenoxy) is 1. The van der Waals surface area contributed by atoms with Crippen molar-refractivity contribution in [3.05, 3.63) is 73.8 Å². The van der Waals surface area contributed by atoms with E-state index in [0.717, 1.165) is 6.07 Å². The van der Waals surface area contributed by atoms with Crippen LogP contribution in [0.15, 0.2) is 42.5 Å². The highest BCUT2D eigenvalue weighted by Crippen LogP contribution is 2.45. The number of hydrogen-bond acceptors (Lipinski definition) is 7. The lowest BCUT2D eigenvalue weighted by atomic mass is 9.96. The molecule has 0 spiro atoms. The Balaban J connectivity index is 2.87. The summed E-state index contributed by atoms with van der Waals surface area (Å²) in [4.78, 5) is 35.6. The molecule has 0 aliphatic heterocycles. The minimum absolute atomic E-state index is 0.0708. The molecule has 0 saturated heterocycles. The molecule has 0 saturated carbocycles. The number of halogens is 3. The topological polar surface area (TPSA) is 116 Å². The second kappa shape index (κ2) is 8.81. The molecule has 2 rings (SSSR count). The van der Waals surface area contributed by atoms with E-state index >= 15 is 0 Å². The van der Waals surface area contributed by atoms with Crippen molar-refractivity contribution in [1.82, 2.24) is 0 Å². The van der Waals surface area contributed by atoms with Gasteiger partial charge in [0.25, 0.3) is 9.48 Å². The van der Waals surface area contributed by atoms with Crippen LogP contribution in [-0.2, 0) is 9.53 Å². The zero-order valence-electron chi connectivity index (χ0n) is 15.0. The highest BCUT2D eigenvalue weighted by molar-refractivity contribution is 6.75. The number of carbonyl (C=O) groups is 1. The summed E-state index contributed by atoms with van der Waals surface area (Å²) < 4.78 is 2.75. The third kappa shape index (κ3) is 5.06. The Hall–Kier alpha value is -2.62.